The van der Waals surface area contributed by atoms with Gasteiger partial charge in [0.2, 0.25) is 5.95 Å². The first-order valence-electron chi connectivity index (χ1n) is 4.96. The van der Waals surface area contributed by atoms with Gasteiger partial charge in [-0.25, -0.2) is 0 Å². The molecule has 0 unspecified atom stereocenters. The molecule has 0 aliphatic rings. The monoisotopic (exact) mass is 230 g/mol. The number of rotatable bonds is 3. The molecule has 0 radical (unpaired) electrons. The van der Waals surface area contributed by atoms with E-state index in [4.69, 9.17) is 5.73 Å². The van der Waals surface area contributed by atoms with E-state index in [1.54, 1.807) is 24.3 Å². The number of aromatic nitrogens is 3. The van der Waals surface area contributed by atoms with Crippen LogP contribution in [-0.4, -0.2) is 21.0 Å². The second-order valence-electron chi connectivity index (χ2n) is 3.45. The first-order valence-corrected chi connectivity index (χ1v) is 4.96. The summed E-state index contributed by atoms with van der Waals surface area (Å²) in [5, 5.41) is 7.11. The molecule has 0 bridgehead atoms. The molecule has 0 amide bonds. The Kier molecular flexibility index (Phi) is 2.95. The highest BCUT2D eigenvalue weighted by Crippen LogP contribution is 2.02. The van der Waals surface area contributed by atoms with Crippen molar-refractivity contribution in [2.75, 3.05) is 5.73 Å². The third-order valence-corrected chi connectivity index (χ3v) is 2.21. The Balaban J connectivity index is 2.22. The molecule has 2 rings (SSSR count). The third-order valence-electron chi connectivity index (χ3n) is 2.21. The number of Topliss-reactive ketones (excluding diaryl/α,β-unsaturated/α-hetero) is 1. The lowest BCUT2D eigenvalue weighted by molar-refractivity contribution is 0.0991. The van der Waals surface area contributed by atoms with Gasteiger partial charge in [-0.1, -0.05) is 30.3 Å². The Bertz CT molecular complexity index is 592. The number of benzene rings is 1. The van der Waals surface area contributed by atoms with E-state index in [2.05, 4.69) is 15.2 Å². The molecule has 1 heterocycles. The van der Waals surface area contributed by atoms with Gasteiger partial charge in [-0.05, 0) is 0 Å². The maximum Gasteiger partial charge on any atom is 0.274 e. The molecule has 86 valence electrons. The van der Waals surface area contributed by atoms with Crippen LogP contribution in [0.3, 0.4) is 0 Å². The van der Waals surface area contributed by atoms with E-state index in [0.717, 1.165) is 0 Å². The number of anilines is 1. The molecule has 0 aliphatic carbocycles. The van der Waals surface area contributed by atoms with Gasteiger partial charge in [-0.15, -0.1) is 10.2 Å². The lowest BCUT2D eigenvalue weighted by atomic mass is 10.1. The summed E-state index contributed by atoms with van der Waals surface area (Å²) in [4.78, 5) is 25.5. The van der Waals surface area contributed by atoms with Gasteiger partial charge >= 0.3 is 0 Å². The first-order chi connectivity index (χ1) is 8.16. The van der Waals surface area contributed by atoms with Gasteiger partial charge in [-0.3, -0.25) is 14.6 Å². The Morgan fingerprint density at radius 2 is 1.94 bits per heavy atom. The quantitative estimate of drug-likeness (QED) is 0.732. The van der Waals surface area contributed by atoms with Gasteiger partial charge < -0.3 is 5.73 Å². The minimum Gasteiger partial charge on any atom is -0.368 e. The Labute approximate surface area is 96.5 Å². The Morgan fingerprint density at radius 3 is 2.59 bits per heavy atom. The van der Waals surface area contributed by atoms with Crippen molar-refractivity contribution < 1.29 is 4.79 Å². The molecule has 0 saturated heterocycles. The average Bonchev–Trinajstić information content (AvgIpc) is 2.34. The van der Waals surface area contributed by atoms with Gasteiger partial charge in [-0.2, -0.15) is 0 Å². The third kappa shape index (κ3) is 2.54. The number of H-pyrrole nitrogens is 1. The second-order valence-corrected chi connectivity index (χ2v) is 3.45. The van der Waals surface area contributed by atoms with Crippen molar-refractivity contribution in [2.24, 2.45) is 0 Å². The van der Waals surface area contributed by atoms with E-state index < -0.39 is 5.56 Å². The number of aromatic amines is 1. The summed E-state index contributed by atoms with van der Waals surface area (Å²) >= 11 is 0. The van der Waals surface area contributed by atoms with E-state index in [1.807, 2.05) is 6.07 Å². The van der Waals surface area contributed by atoms with E-state index in [1.165, 1.54) is 0 Å². The van der Waals surface area contributed by atoms with Crippen molar-refractivity contribution >= 4 is 11.7 Å². The summed E-state index contributed by atoms with van der Waals surface area (Å²) in [7, 11) is 0. The summed E-state index contributed by atoms with van der Waals surface area (Å²) < 4.78 is 0. The zero-order chi connectivity index (χ0) is 12.3. The fourth-order valence-electron chi connectivity index (χ4n) is 1.37. The zero-order valence-electron chi connectivity index (χ0n) is 8.88. The maximum atomic E-state index is 11.8. The zero-order valence-corrected chi connectivity index (χ0v) is 8.88. The summed E-state index contributed by atoms with van der Waals surface area (Å²) in [6, 6.07) is 8.69. The normalized spacial score (nSPS) is 10.1. The summed E-state index contributed by atoms with van der Waals surface area (Å²) in [6.45, 7) is 0. The topological polar surface area (TPSA) is 102 Å². The molecule has 0 fully saturated rings. The number of carbonyl (C=O) groups is 1. The molecule has 1 aromatic heterocycles. The maximum absolute atomic E-state index is 11.8. The molecule has 0 aliphatic heterocycles. The van der Waals surface area contributed by atoms with Crippen LogP contribution < -0.4 is 11.3 Å². The number of carbonyl (C=O) groups excluding carboxylic acids is 1. The number of nitrogens with zero attached hydrogens (tertiary/aromatic N) is 2. The van der Waals surface area contributed by atoms with Crippen LogP contribution in [0.25, 0.3) is 0 Å². The highest BCUT2D eigenvalue weighted by atomic mass is 16.1. The van der Waals surface area contributed by atoms with Crippen LogP contribution in [0.4, 0.5) is 5.95 Å². The number of nitrogens with one attached hydrogen (secondary N) is 1. The number of nitrogens with two attached hydrogens (primary N) is 1. The second kappa shape index (κ2) is 4.56. The molecule has 17 heavy (non-hydrogen) atoms. The number of ketones is 1. The largest absolute Gasteiger partial charge is 0.368 e. The minimum atomic E-state index is -0.484. The van der Waals surface area contributed by atoms with Crippen molar-refractivity contribution in [1.29, 1.82) is 0 Å². The number of hydrogen-bond acceptors (Lipinski definition) is 5. The van der Waals surface area contributed by atoms with E-state index in [-0.39, 0.29) is 23.8 Å². The molecule has 1 aromatic carbocycles. The molecular formula is C11H10N4O2. The lowest BCUT2D eigenvalue weighted by Crippen LogP contribution is -2.21. The van der Waals surface area contributed by atoms with Crippen LogP contribution in [-0.2, 0) is 6.42 Å². The molecule has 0 spiro atoms. The molecule has 0 atom stereocenters. The number of nitrogen functional groups attached to an aromatic ring is 1. The van der Waals surface area contributed by atoms with Gasteiger partial charge in [0, 0.05) is 5.56 Å². The fraction of sp³-hybridized carbons (Fsp3) is 0.0909. The molecule has 3 N–H and O–H groups in total. The highest BCUT2D eigenvalue weighted by Gasteiger charge is 2.11. The van der Waals surface area contributed by atoms with E-state index in [0.29, 0.717) is 5.56 Å². The van der Waals surface area contributed by atoms with Crippen LogP contribution in [0.5, 0.6) is 0 Å². The van der Waals surface area contributed by atoms with Crippen molar-refractivity contribution in [3.05, 3.63) is 51.9 Å². The van der Waals surface area contributed by atoms with Crippen molar-refractivity contribution in [2.45, 2.75) is 6.42 Å². The molecule has 0 saturated carbocycles. The van der Waals surface area contributed by atoms with Crippen molar-refractivity contribution in [3.8, 4) is 0 Å². The van der Waals surface area contributed by atoms with E-state index in [9.17, 15) is 9.59 Å². The minimum absolute atomic E-state index is 0.0630. The standard InChI is InChI=1S/C11H10N4O2/c12-11-13-10(17)8(14-15-11)6-9(16)7-4-2-1-3-5-7/h1-5H,6H2,(H3,12,13,15,17). The predicted molar refractivity (Wildman–Crippen MR) is 61.5 cm³/mol. The summed E-state index contributed by atoms with van der Waals surface area (Å²) in [6.07, 6.45) is -0.0906. The van der Waals surface area contributed by atoms with Gasteiger partial charge in [0.25, 0.3) is 5.56 Å². The van der Waals surface area contributed by atoms with Gasteiger partial charge in [0.1, 0.15) is 5.69 Å². The van der Waals surface area contributed by atoms with Gasteiger partial charge in [0.15, 0.2) is 5.78 Å². The van der Waals surface area contributed by atoms with Crippen LogP contribution in [0.1, 0.15) is 16.1 Å². The van der Waals surface area contributed by atoms with Crippen molar-refractivity contribution in [3.63, 3.8) is 0 Å². The van der Waals surface area contributed by atoms with Crippen LogP contribution in [0, 0.1) is 0 Å². The van der Waals surface area contributed by atoms with Gasteiger partial charge in [0.05, 0.1) is 6.42 Å². The SMILES string of the molecule is Nc1nnc(CC(=O)c2ccccc2)c(=O)[nH]1. The molecule has 6 nitrogen and oxygen atoms in total. The highest BCUT2D eigenvalue weighted by molar-refractivity contribution is 5.97. The van der Waals surface area contributed by atoms with Crippen LogP contribution >= 0.6 is 0 Å². The fourth-order valence-corrected chi connectivity index (χ4v) is 1.37. The predicted octanol–water partition coefficient (Wildman–Crippen LogP) is 0.172. The van der Waals surface area contributed by atoms with Crippen LogP contribution in [0.15, 0.2) is 35.1 Å². The summed E-state index contributed by atoms with van der Waals surface area (Å²) in [5.41, 5.74) is 5.37. The first kappa shape index (κ1) is 11.0. The smallest absolute Gasteiger partial charge is 0.274 e. The van der Waals surface area contributed by atoms with E-state index >= 15 is 0 Å². The van der Waals surface area contributed by atoms with Crippen molar-refractivity contribution in [1.82, 2.24) is 15.2 Å². The number of hydrogen-bond donors (Lipinski definition) is 2. The molecule has 6 heteroatoms. The Morgan fingerprint density at radius 1 is 1.24 bits per heavy atom. The Hall–Kier alpha value is -2.50. The van der Waals surface area contributed by atoms with Crippen LogP contribution in [0.2, 0.25) is 0 Å². The lowest BCUT2D eigenvalue weighted by Gasteiger charge is -1.99. The molecular weight excluding hydrogens is 220 g/mol. The summed E-state index contributed by atoms with van der Waals surface area (Å²) in [5.74, 6) is -0.249. The average molecular weight is 230 g/mol. The molecule has 2 aromatic rings.